The number of fused-ring (bicyclic) bond motifs is 1. The molecule has 3 nitrogen and oxygen atoms in total. The van der Waals surface area contributed by atoms with E-state index in [-0.39, 0.29) is 11.9 Å². The summed E-state index contributed by atoms with van der Waals surface area (Å²) in [6, 6.07) is 8.89. The Balaban J connectivity index is 1.73. The number of nitrogens with zero attached hydrogens (tertiary/aromatic N) is 1. The van der Waals surface area contributed by atoms with Gasteiger partial charge in [-0.3, -0.25) is 4.79 Å². The molecule has 1 aliphatic carbocycles. The summed E-state index contributed by atoms with van der Waals surface area (Å²) in [5.41, 5.74) is 2.65. The van der Waals surface area contributed by atoms with E-state index in [1.165, 1.54) is 24.0 Å². The molecule has 1 saturated carbocycles. The van der Waals surface area contributed by atoms with E-state index in [9.17, 15) is 4.79 Å². The van der Waals surface area contributed by atoms with Crippen LogP contribution < -0.4 is 5.32 Å². The number of hydrogen-bond acceptors (Lipinski definition) is 2. The predicted molar refractivity (Wildman–Crippen MR) is 71.2 cm³/mol. The van der Waals surface area contributed by atoms with Crippen molar-refractivity contribution in [3.63, 3.8) is 0 Å². The maximum atomic E-state index is 12.5. The normalized spacial score (nSPS) is 22.4. The number of amides is 1. The Morgan fingerprint density at radius 3 is 2.72 bits per heavy atom. The molecule has 0 unspecified atom stereocenters. The van der Waals surface area contributed by atoms with E-state index >= 15 is 0 Å². The molecule has 1 amide bonds. The number of benzene rings is 1. The van der Waals surface area contributed by atoms with Gasteiger partial charge in [0.05, 0.1) is 6.04 Å². The molecule has 18 heavy (non-hydrogen) atoms. The molecule has 0 spiro atoms. The van der Waals surface area contributed by atoms with Gasteiger partial charge in [-0.1, -0.05) is 24.3 Å². The second-order valence-corrected chi connectivity index (χ2v) is 5.26. The highest BCUT2D eigenvalue weighted by Gasteiger charge is 2.35. The Kier molecular flexibility index (Phi) is 3.08. The van der Waals surface area contributed by atoms with Crippen molar-refractivity contribution in [1.82, 2.24) is 10.2 Å². The Morgan fingerprint density at radius 1 is 1.33 bits per heavy atom. The fourth-order valence-corrected chi connectivity index (χ4v) is 2.81. The second-order valence-electron chi connectivity index (χ2n) is 5.26. The molecule has 96 valence electrons. The highest BCUT2D eigenvalue weighted by atomic mass is 16.2. The molecule has 1 heterocycles. The minimum Gasteiger partial charge on any atom is -0.339 e. The van der Waals surface area contributed by atoms with E-state index in [0.717, 1.165) is 19.5 Å². The summed E-state index contributed by atoms with van der Waals surface area (Å²) < 4.78 is 0. The number of nitrogens with one attached hydrogen (secondary N) is 1. The van der Waals surface area contributed by atoms with Crippen LogP contribution in [0, 0.1) is 0 Å². The van der Waals surface area contributed by atoms with Gasteiger partial charge in [-0.05, 0) is 37.3 Å². The molecule has 0 saturated heterocycles. The molecular weight excluding hydrogens is 224 g/mol. The van der Waals surface area contributed by atoms with Crippen molar-refractivity contribution < 1.29 is 4.79 Å². The van der Waals surface area contributed by atoms with Crippen molar-refractivity contribution in [3.05, 3.63) is 35.4 Å². The van der Waals surface area contributed by atoms with Gasteiger partial charge < -0.3 is 10.2 Å². The molecular formula is C15H20N2O. The minimum atomic E-state index is -0.0274. The standard InChI is InChI=1S/C15H20N2O/c1-2-17(13-7-8-13)15(18)14-9-11-5-3-4-6-12(11)10-16-14/h3-6,13-14,16H,2,7-10H2,1H3/t14-/m0/s1. The Labute approximate surface area is 108 Å². The van der Waals surface area contributed by atoms with E-state index in [1.54, 1.807) is 0 Å². The summed E-state index contributed by atoms with van der Waals surface area (Å²) >= 11 is 0. The van der Waals surface area contributed by atoms with E-state index in [1.807, 2.05) is 4.90 Å². The van der Waals surface area contributed by atoms with Gasteiger partial charge in [0.1, 0.15) is 0 Å². The fraction of sp³-hybridized carbons (Fsp3) is 0.533. The van der Waals surface area contributed by atoms with E-state index in [0.29, 0.717) is 6.04 Å². The summed E-state index contributed by atoms with van der Waals surface area (Å²) in [7, 11) is 0. The zero-order valence-electron chi connectivity index (χ0n) is 10.9. The zero-order valence-corrected chi connectivity index (χ0v) is 10.9. The van der Waals surface area contributed by atoms with Crippen LogP contribution in [0.5, 0.6) is 0 Å². The fourth-order valence-electron chi connectivity index (χ4n) is 2.81. The quantitative estimate of drug-likeness (QED) is 0.878. The second kappa shape index (κ2) is 4.73. The van der Waals surface area contributed by atoms with Crippen LogP contribution in [-0.4, -0.2) is 29.4 Å². The van der Waals surface area contributed by atoms with Crippen LogP contribution in [0.3, 0.4) is 0 Å². The summed E-state index contributed by atoms with van der Waals surface area (Å²) in [5, 5.41) is 3.38. The topological polar surface area (TPSA) is 32.3 Å². The number of carbonyl (C=O) groups excluding carboxylic acids is 1. The van der Waals surface area contributed by atoms with Crippen molar-refractivity contribution in [3.8, 4) is 0 Å². The number of carbonyl (C=O) groups is 1. The van der Waals surface area contributed by atoms with E-state index in [4.69, 9.17) is 0 Å². The highest BCUT2D eigenvalue weighted by Crippen LogP contribution is 2.28. The molecule has 0 radical (unpaired) electrons. The lowest BCUT2D eigenvalue weighted by Crippen LogP contribution is -2.50. The molecule has 1 aromatic rings. The largest absolute Gasteiger partial charge is 0.339 e. The Hall–Kier alpha value is -1.35. The smallest absolute Gasteiger partial charge is 0.240 e. The van der Waals surface area contributed by atoms with E-state index < -0.39 is 0 Å². The maximum absolute atomic E-state index is 12.5. The molecule has 1 N–H and O–H groups in total. The van der Waals surface area contributed by atoms with Gasteiger partial charge in [-0.2, -0.15) is 0 Å². The van der Waals surface area contributed by atoms with Gasteiger partial charge in [0, 0.05) is 19.1 Å². The van der Waals surface area contributed by atoms with Crippen molar-refractivity contribution in [2.45, 2.75) is 44.8 Å². The molecule has 1 aromatic carbocycles. The highest BCUT2D eigenvalue weighted by molar-refractivity contribution is 5.83. The van der Waals surface area contributed by atoms with Crippen LogP contribution in [0.15, 0.2) is 24.3 Å². The molecule has 3 heteroatoms. The van der Waals surface area contributed by atoms with Gasteiger partial charge in [0.25, 0.3) is 0 Å². The molecule has 3 rings (SSSR count). The van der Waals surface area contributed by atoms with Crippen LogP contribution in [0.25, 0.3) is 0 Å². The number of likely N-dealkylation sites (N-methyl/N-ethyl adjacent to an activating group) is 1. The van der Waals surface area contributed by atoms with Crippen molar-refractivity contribution in [2.24, 2.45) is 0 Å². The predicted octanol–water partition coefficient (Wildman–Crippen LogP) is 1.71. The van der Waals surface area contributed by atoms with E-state index in [2.05, 4.69) is 36.5 Å². The van der Waals surface area contributed by atoms with Gasteiger partial charge in [0.15, 0.2) is 0 Å². The summed E-state index contributed by atoms with van der Waals surface area (Å²) in [6.07, 6.45) is 3.20. The van der Waals surface area contributed by atoms with Gasteiger partial charge in [0.2, 0.25) is 5.91 Å². The first-order chi connectivity index (χ1) is 8.79. The van der Waals surface area contributed by atoms with Crippen molar-refractivity contribution in [1.29, 1.82) is 0 Å². The molecule has 1 atom stereocenters. The SMILES string of the molecule is CCN(C(=O)[C@@H]1Cc2ccccc2CN1)C1CC1. The molecule has 2 aliphatic rings. The van der Waals surface area contributed by atoms with Gasteiger partial charge in [-0.25, -0.2) is 0 Å². The zero-order chi connectivity index (χ0) is 12.5. The van der Waals surface area contributed by atoms with Crippen LogP contribution in [0.1, 0.15) is 30.9 Å². The number of rotatable bonds is 3. The van der Waals surface area contributed by atoms with Crippen molar-refractivity contribution >= 4 is 5.91 Å². The Bertz CT molecular complexity index is 454. The molecule has 0 bridgehead atoms. The average molecular weight is 244 g/mol. The minimum absolute atomic E-state index is 0.0274. The first-order valence-electron chi connectivity index (χ1n) is 6.90. The molecule has 1 fully saturated rings. The van der Waals surface area contributed by atoms with Gasteiger partial charge >= 0.3 is 0 Å². The monoisotopic (exact) mass is 244 g/mol. The third-order valence-corrected chi connectivity index (χ3v) is 3.99. The summed E-state index contributed by atoms with van der Waals surface area (Å²) in [4.78, 5) is 14.5. The lowest BCUT2D eigenvalue weighted by molar-refractivity contribution is -0.134. The van der Waals surface area contributed by atoms with Crippen molar-refractivity contribution in [2.75, 3.05) is 6.54 Å². The van der Waals surface area contributed by atoms with Crippen LogP contribution in [0.2, 0.25) is 0 Å². The first-order valence-corrected chi connectivity index (χ1v) is 6.90. The lowest BCUT2D eigenvalue weighted by atomic mass is 9.95. The summed E-state index contributed by atoms with van der Waals surface area (Å²) in [5.74, 6) is 0.287. The molecule has 1 aliphatic heterocycles. The average Bonchev–Trinajstić information content (AvgIpc) is 3.23. The third-order valence-electron chi connectivity index (χ3n) is 3.99. The van der Waals surface area contributed by atoms with Gasteiger partial charge in [-0.15, -0.1) is 0 Å². The third kappa shape index (κ3) is 2.15. The molecule has 0 aromatic heterocycles. The van der Waals surface area contributed by atoms with Crippen LogP contribution in [-0.2, 0) is 17.8 Å². The maximum Gasteiger partial charge on any atom is 0.240 e. The lowest BCUT2D eigenvalue weighted by Gasteiger charge is -2.30. The number of hydrogen-bond donors (Lipinski definition) is 1. The summed E-state index contributed by atoms with van der Waals surface area (Å²) in [6.45, 7) is 3.73. The first kappa shape index (κ1) is 11.7. The van der Waals surface area contributed by atoms with Crippen LogP contribution in [0.4, 0.5) is 0 Å². The van der Waals surface area contributed by atoms with Crippen LogP contribution >= 0.6 is 0 Å². The Morgan fingerprint density at radius 2 is 2.06 bits per heavy atom.